The van der Waals surface area contributed by atoms with Crippen LogP contribution >= 0.6 is 0 Å². The number of halogens is 1. The van der Waals surface area contributed by atoms with E-state index in [-0.39, 0.29) is 18.0 Å². The molecule has 3 heteroatoms. The van der Waals surface area contributed by atoms with E-state index in [1.807, 2.05) is 6.92 Å². The highest BCUT2D eigenvalue weighted by molar-refractivity contribution is 4.88. The van der Waals surface area contributed by atoms with Gasteiger partial charge in [0.25, 0.3) is 0 Å². The van der Waals surface area contributed by atoms with Gasteiger partial charge in [0.15, 0.2) is 0 Å². The molecule has 10 heavy (non-hydrogen) atoms. The molecule has 0 heterocycles. The van der Waals surface area contributed by atoms with Gasteiger partial charge in [0.05, 0.1) is 0 Å². The monoisotopic (exact) mass is 146 g/mol. The first-order valence-corrected chi connectivity index (χ1v) is 3.76. The van der Waals surface area contributed by atoms with Crippen molar-refractivity contribution in [1.82, 2.24) is 0 Å². The third-order valence-electron chi connectivity index (χ3n) is 2.31. The van der Waals surface area contributed by atoms with Gasteiger partial charge < -0.3 is 11.5 Å². The molecule has 0 amide bonds. The Morgan fingerprint density at radius 1 is 1.20 bits per heavy atom. The van der Waals surface area contributed by atoms with Gasteiger partial charge in [-0.25, -0.2) is 4.39 Å². The van der Waals surface area contributed by atoms with Crippen LogP contribution in [0.1, 0.15) is 19.8 Å². The van der Waals surface area contributed by atoms with Gasteiger partial charge in [-0.2, -0.15) is 0 Å². The fraction of sp³-hybridized carbons (Fsp3) is 1.00. The van der Waals surface area contributed by atoms with Crippen molar-refractivity contribution in [2.24, 2.45) is 17.4 Å². The highest BCUT2D eigenvalue weighted by atomic mass is 19.1. The van der Waals surface area contributed by atoms with Crippen molar-refractivity contribution >= 4 is 0 Å². The van der Waals surface area contributed by atoms with Crippen LogP contribution < -0.4 is 11.5 Å². The van der Waals surface area contributed by atoms with Gasteiger partial charge in [-0.15, -0.1) is 0 Å². The average molecular weight is 146 g/mol. The molecule has 0 aromatic heterocycles. The second-order valence-corrected chi connectivity index (χ2v) is 3.29. The smallest absolute Gasteiger partial charge is 0.104 e. The Balaban J connectivity index is 2.46. The van der Waals surface area contributed by atoms with Crippen molar-refractivity contribution in [3.63, 3.8) is 0 Å². The summed E-state index contributed by atoms with van der Waals surface area (Å²) in [6, 6.07) is -0.131. The van der Waals surface area contributed by atoms with Crippen LogP contribution in [0.3, 0.4) is 0 Å². The van der Waals surface area contributed by atoms with E-state index in [4.69, 9.17) is 11.5 Å². The molecule has 4 N–H and O–H groups in total. The van der Waals surface area contributed by atoms with E-state index in [1.54, 1.807) is 0 Å². The maximum atomic E-state index is 12.9. The predicted octanol–water partition coefficient (Wildman–Crippen LogP) is 0.409. The first kappa shape index (κ1) is 7.95. The molecule has 1 fully saturated rings. The molecule has 4 atom stereocenters. The first-order valence-electron chi connectivity index (χ1n) is 3.76. The van der Waals surface area contributed by atoms with E-state index in [2.05, 4.69) is 0 Å². The van der Waals surface area contributed by atoms with E-state index >= 15 is 0 Å². The lowest BCUT2D eigenvalue weighted by Crippen LogP contribution is -2.49. The fourth-order valence-electron chi connectivity index (χ4n) is 1.42. The Hall–Kier alpha value is -0.150. The molecular weight excluding hydrogens is 131 g/mol. The van der Waals surface area contributed by atoms with Crippen molar-refractivity contribution in [1.29, 1.82) is 0 Å². The van der Waals surface area contributed by atoms with Gasteiger partial charge in [-0.1, -0.05) is 6.92 Å². The number of nitrogens with two attached hydrogens (primary N) is 2. The third-order valence-corrected chi connectivity index (χ3v) is 2.31. The summed E-state index contributed by atoms with van der Waals surface area (Å²) in [5, 5.41) is 0. The summed E-state index contributed by atoms with van der Waals surface area (Å²) >= 11 is 0. The maximum absolute atomic E-state index is 12.9. The largest absolute Gasteiger partial charge is 0.326 e. The van der Waals surface area contributed by atoms with Crippen molar-refractivity contribution in [2.45, 2.75) is 38.0 Å². The van der Waals surface area contributed by atoms with Gasteiger partial charge in [-0.3, -0.25) is 0 Å². The minimum atomic E-state index is -0.741. The summed E-state index contributed by atoms with van der Waals surface area (Å²) in [5.74, 6) is 0.0924. The minimum absolute atomic E-state index is 0.00185. The van der Waals surface area contributed by atoms with Crippen LogP contribution in [0.4, 0.5) is 4.39 Å². The van der Waals surface area contributed by atoms with Gasteiger partial charge in [0, 0.05) is 12.1 Å². The van der Waals surface area contributed by atoms with E-state index in [1.165, 1.54) is 0 Å². The summed E-state index contributed by atoms with van der Waals surface area (Å²) < 4.78 is 12.9. The molecule has 60 valence electrons. The minimum Gasteiger partial charge on any atom is -0.326 e. The number of rotatable bonds is 0. The summed E-state index contributed by atoms with van der Waals surface area (Å²) in [6.07, 6.45) is 0.416. The molecule has 0 aliphatic heterocycles. The molecule has 2 nitrogen and oxygen atoms in total. The predicted molar refractivity (Wildman–Crippen MR) is 39.2 cm³/mol. The van der Waals surface area contributed by atoms with Crippen LogP contribution in [0.15, 0.2) is 0 Å². The van der Waals surface area contributed by atoms with Crippen LogP contribution in [0, 0.1) is 5.92 Å². The van der Waals surface area contributed by atoms with E-state index in [9.17, 15) is 4.39 Å². The number of alkyl halides is 1. The van der Waals surface area contributed by atoms with Crippen LogP contribution in [-0.2, 0) is 0 Å². The zero-order valence-corrected chi connectivity index (χ0v) is 6.26. The number of hydrogen-bond acceptors (Lipinski definition) is 2. The summed E-state index contributed by atoms with van der Waals surface area (Å²) in [7, 11) is 0. The molecule has 0 radical (unpaired) electrons. The zero-order chi connectivity index (χ0) is 7.72. The Morgan fingerprint density at radius 2 is 1.70 bits per heavy atom. The van der Waals surface area contributed by atoms with Gasteiger partial charge >= 0.3 is 0 Å². The molecule has 0 aromatic carbocycles. The van der Waals surface area contributed by atoms with Crippen LogP contribution in [-0.4, -0.2) is 18.3 Å². The topological polar surface area (TPSA) is 52.0 Å². The highest BCUT2D eigenvalue weighted by Crippen LogP contribution is 2.24. The molecule has 0 saturated heterocycles. The summed E-state index contributed by atoms with van der Waals surface area (Å²) in [4.78, 5) is 0. The normalized spacial score (nSPS) is 49.2. The highest BCUT2D eigenvalue weighted by Gasteiger charge is 2.30. The van der Waals surface area contributed by atoms with Gasteiger partial charge in [0.2, 0.25) is 0 Å². The zero-order valence-electron chi connectivity index (χ0n) is 6.26. The third kappa shape index (κ3) is 1.47. The molecule has 0 bridgehead atoms. The molecule has 1 rings (SSSR count). The molecule has 1 aliphatic rings. The van der Waals surface area contributed by atoms with Gasteiger partial charge in [-0.05, 0) is 18.8 Å². The van der Waals surface area contributed by atoms with Crippen molar-refractivity contribution in [2.75, 3.05) is 0 Å². The van der Waals surface area contributed by atoms with Crippen LogP contribution in [0.25, 0.3) is 0 Å². The fourth-order valence-corrected chi connectivity index (χ4v) is 1.42. The molecule has 1 aliphatic carbocycles. The molecule has 4 unspecified atom stereocenters. The Bertz CT molecular complexity index is 92.2. The van der Waals surface area contributed by atoms with Crippen LogP contribution in [0.2, 0.25) is 0 Å². The maximum Gasteiger partial charge on any atom is 0.104 e. The average Bonchev–Trinajstić information content (AvgIpc) is 1.84. The molecule has 1 saturated carbocycles. The standard InChI is InChI=1S/C7H15FN2/c1-4-2-6(9)7(10)3-5(4)8/h4-7H,2-3,9-10H2,1H3. The van der Waals surface area contributed by atoms with E-state index in [0.717, 1.165) is 6.42 Å². The van der Waals surface area contributed by atoms with Crippen molar-refractivity contribution in [3.8, 4) is 0 Å². The Labute approximate surface area is 60.8 Å². The van der Waals surface area contributed by atoms with E-state index in [0.29, 0.717) is 6.42 Å². The second kappa shape index (κ2) is 2.84. The Kier molecular flexibility index (Phi) is 2.26. The Morgan fingerprint density at radius 3 is 2.20 bits per heavy atom. The lowest BCUT2D eigenvalue weighted by atomic mass is 9.83. The van der Waals surface area contributed by atoms with Crippen molar-refractivity contribution < 1.29 is 4.39 Å². The van der Waals surface area contributed by atoms with Crippen LogP contribution in [0.5, 0.6) is 0 Å². The van der Waals surface area contributed by atoms with Gasteiger partial charge in [0.1, 0.15) is 6.17 Å². The lowest BCUT2D eigenvalue weighted by molar-refractivity contribution is 0.150. The quantitative estimate of drug-likeness (QED) is 0.520. The number of hydrogen-bond donors (Lipinski definition) is 2. The van der Waals surface area contributed by atoms with Crippen molar-refractivity contribution in [3.05, 3.63) is 0 Å². The lowest BCUT2D eigenvalue weighted by Gasteiger charge is -2.32. The van der Waals surface area contributed by atoms with E-state index < -0.39 is 6.17 Å². The molecule has 0 aromatic rings. The SMILES string of the molecule is CC1CC(N)C(N)CC1F. The second-order valence-electron chi connectivity index (χ2n) is 3.29. The molecule has 0 spiro atoms. The molecular formula is C7H15FN2. The summed E-state index contributed by atoms with van der Waals surface area (Å²) in [6.45, 7) is 1.89. The first-order chi connectivity index (χ1) is 4.61. The summed E-state index contributed by atoms with van der Waals surface area (Å²) in [5.41, 5.74) is 11.2.